The lowest BCUT2D eigenvalue weighted by Gasteiger charge is -2.35. The maximum Gasteiger partial charge on any atom is 0.147 e. The second-order valence-corrected chi connectivity index (χ2v) is 6.38. The Kier molecular flexibility index (Phi) is 5.48. The zero-order valence-corrected chi connectivity index (χ0v) is 14.4. The summed E-state index contributed by atoms with van der Waals surface area (Å²) >= 11 is 0. The second kappa shape index (κ2) is 7.77. The number of aliphatic hydroxyl groups excluding tert-OH is 1. The van der Waals surface area contributed by atoms with Crippen LogP contribution in [0.1, 0.15) is 30.9 Å². The fourth-order valence-corrected chi connectivity index (χ4v) is 3.29. The van der Waals surface area contributed by atoms with Gasteiger partial charge in [-0.05, 0) is 45.2 Å². The van der Waals surface area contributed by atoms with Crippen molar-refractivity contribution in [2.45, 2.75) is 57.9 Å². The molecule has 1 heterocycles. The van der Waals surface area contributed by atoms with Gasteiger partial charge in [-0.1, -0.05) is 18.2 Å². The first-order valence-corrected chi connectivity index (χ1v) is 8.64. The van der Waals surface area contributed by atoms with Gasteiger partial charge in [-0.2, -0.15) is 5.10 Å². The molecule has 2 aromatic rings. The van der Waals surface area contributed by atoms with Gasteiger partial charge in [-0.15, -0.1) is 0 Å². The van der Waals surface area contributed by atoms with Crippen LogP contribution in [0.25, 0.3) is 0 Å². The molecule has 2 N–H and O–H groups in total. The Morgan fingerprint density at radius 2 is 2.04 bits per heavy atom. The summed E-state index contributed by atoms with van der Waals surface area (Å²) in [5.74, 6) is 2.53. The van der Waals surface area contributed by atoms with E-state index in [0.29, 0.717) is 0 Å². The predicted octanol–water partition coefficient (Wildman–Crippen LogP) is 1.85. The van der Waals surface area contributed by atoms with Crippen LogP contribution < -0.4 is 10.1 Å². The van der Waals surface area contributed by atoms with Gasteiger partial charge in [0.05, 0.1) is 6.54 Å². The average Bonchev–Trinajstić information content (AvgIpc) is 2.89. The van der Waals surface area contributed by atoms with Crippen molar-refractivity contribution in [2.75, 3.05) is 6.54 Å². The standard InChI is InChI=1S/C18H26N4O2/c1-13-20-14(2)22(21-13)12-11-19-16-9-6-10-17(18(16)23)24-15-7-4-3-5-8-15/h3-5,7-8,16-19,23H,6,9-12H2,1-2H3/t16-,17+,18+/m0/s1. The van der Waals surface area contributed by atoms with Crippen molar-refractivity contribution in [1.29, 1.82) is 0 Å². The quantitative estimate of drug-likeness (QED) is 0.846. The fourth-order valence-electron chi connectivity index (χ4n) is 3.29. The molecular formula is C18H26N4O2. The number of rotatable bonds is 6. The van der Waals surface area contributed by atoms with Crippen LogP contribution in [0.3, 0.4) is 0 Å². The van der Waals surface area contributed by atoms with Crippen LogP contribution in [0, 0.1) is 13.8 Å². The van der Waals surface area contributed by atoms with E-state index in [-0.39, 0.29) is 12.1 Å². The number of nitrogens with one attached hydrogen (secondary N) is 1. The third-order valence-corrected chi connectivity index (χ3v) is 4.52. The summed E-state index contributed by atoms with van der Waals surface area (Å²) < 4.78 is 7.87. The molecule has 3 atom stereocenters. The Bertz CT molecular complexity index is 644. The maximum atomic E-state index is 10.6. The monoisotopic (exact) mass is 330 g/mol. The summed E-state index contributed by atoms with van der Waals surface area (Å²) in [7, 11) is 0. The highest BCUT2D eigenvalue weighted by atomic mass is 16.5. The van der Waals surface area contributed by atoms with Crippen molar-refractivity contribution in [3.05, 3.63) is 42.0 Å². The Hall–Kier alpha value is -1.92. The molecule has 130 valence electrons. The first kappa shape index (κ1) is 16.9. The van der Waals surface area contributed by atoms with Crippen molar-refractivity contribution in [3.8, 4) is 5.75 Å². The lowest BCUT2D eigenvalue weighted by molar-refractivity contribution is -0.0154. The number of nitrogens with zero attached hydrogens (tertiary/aromatic N) is 3. The molecular weight excluding hydrogens is 304 g/mol. The molecule has 1 saturated carbocycles. The van der Waals surface area contributed by atoms with E-state index in [0.717, 1.165) is 49.8 Å². The molecule has 0 bridgehead atoms. The van der Waals surface area contributed by atoms with Crippen molar-refractivity contribution in [3.63, 3.8) is 0 Å². The summed E-state index contributed by atoms with van der Waals surface area (Å²) in [6, 6.07) is 9.77. The third-order valence-electron chi connectivity index (χ3n) is 4.52. The highest BCUT2D eigenvalue weighted by Crippen LogP contribution is 2.24. The van der Waals surface area contributed by atoms with Crippen molar-refractivity contribution < 1.29 is 9.84 Å². The third kappa shape index (κ3) is 4.13. The van der Waals surface area contributed by atoms with E-state index >= 15 is 0 Å². The number of hydrogen-bond donors (Lipinski definition) is 2. The van der Waals surface area contributed by atoms with Crippen LogP contribution in [0.2, 0.25) is 0 Å². The normalized spacial score (nSPS) is 24.0. The number of benzene rings is 1. The van der Waals surface area contributed by atoms with Crippen molar-refractivity contribution >= 4 is 0 Å². The number of hydrogen-bond acceptors (Lipinski definition) is 5. The van der Waals surface area contributed by atoms with Gasteiger partial charge in [0.15, 0.2) is 0 Å². The molecule has 24 heavy (non-hydrogen) atoms. The van der Waals surface area contributed by atoms with E-state index < -0.39 is 6.10 Å². The number of aliphatic hydroxyl groups is 1. The maximum absolute atomic E-state index is 10.6. The smallest absolute Gasteiger partial charge is 0.147 e. The Morgan fingerprint density at radius 1 is 1.25 bits per heavy atom. The summed E-state index contributed by atoms with van der Waals surface area (Å²) in [5, 5.41) is 18.4. The zero-order chi connectivity index (χ0) is 16.9. The summed E-state index contributed by atoms with van der Waals surface area (Å²) in [6.07, 6.45) is 2.24. The lowest BCUT2D eigenvalue weighted by atomic mass is 9.90. The molecule has 0 spiro atoms. The molecule has 6 heteroatoms. The van der Waals surface area contributed by atoms with Crippen LogP contribution >= 0.6 is 0 Å². The molecule has 0 amide bonds. The van der Waals surface area contributed by atoms with Crippen LogP contribution in [-0.4, -0.2) is 44.7 Å². The average molecular weight is 330 g/mol. The largest absolute Gasteiger partial charge is 0.488 e. The summed E-state index contributed by atoms with van der Waals surface area (Å²) in [5.41, 5.74) is 0. The SMILES string of the molecule is Cc1nc(C)n(CCN[C@H]2CCC[C@@H](Oc3ccccc3)[C@@H]2O)n1. The lowest BCUT2D eigenvalue weighted by Crippen LogP contribution is -2.51. The number of ether oxygens (including phenoxy) is 1. The van der Waals surface area contributed by atoms with Crippen LogP contribution in [0.4, 0.5) is 0 Å². The Labute approximate surface area is 142 Å². The van der Waals surface area contributed by atoms with Crippen LogP contribution in [0.15, 0.2) is 30.3 Å². The van der Waals surface area contributed by atoms with Gasteiger partial charge in [0.25, 0.3) is 0 Å². The second-order valence-electron chi connectivity index (χ2n) is 6.38. The van der Waals surface area contributed by atoms with Gasteiger partial charge in [0, 0.05) is 12.6 Å². The Balaban J connectivity index is 1.51. The minimum absolute atomic E-state index is 0.0531. The molecule has 1 aromatic heterocycles. The molecule has 0 radical (unpaired) electrons. The molecule has 1 aromatic carbocycles. The minimum Gasteiger partial charge on any atom is -0.488 e. The molecule has 1 fully saturated rings. The van der Waals surface area contributed by atoms with Crippen molar-refractivity contribution in [2.24, 2.45) is 0 Å². The molecule has 0 aliphatic heterocycles. The number of para-hydroxylation sites is 1. The molecule has 1 aliphatic carbocycles. The van der Waals surface area contributed by atoms with E-state index in [9.17, 15) is 5.11 Å². The van der Waals surface area contributed by atoms with Gasteiger partial charge >= 0.3 is 0 Å². The van der Waals surface area contributed by atoms with Gasteiger partial charge in [-0.3, -0.25) is 0 Å². The molecule has 6 nitrogen and oxygen atoms in total. The van der Waals surface area contributed by atoms with Crippen molar-refractivity contribution in [1.82, 2.24) is 20.1 Å². The highest BCUT2D eigenvalue weighted by Gasteiger charge is 2.32. The summed E-state index contributed by atoms with van der Waals surface area (Å²) in [6.45, 7) is 5.36. The van der Waals surface area contributed by atoms with E-state index in [1.54, 1.807) is 0 Å². The minimum atomic E-state index is -0.502. The summed E-state index contributed by atoms with van der Waals surface area (Å²) in [4.78, 5) is 4.31. The fraction of sp³-hybridized carbons (Fsp3) is 0.556. The molecule has 3 rings (SSSR count). The van der Waals surface area contributed by atoms with E-state index in [4.69, 9.17) is 4.74 Å². The Morgan fingerprint density at radius 3 is 2.75 bits per heavy atom. The molecule has 0 saturated heterocycles. The van der Waals surface area contributed by atoms with Gasteiger partial charge < -0.3 is 15.2 Å². The highest BCUT2D eigenvalue weighted by molar-refractivity contribution is 5.21. The zero-order valence-electron chi connectivity index (χ0n) is 14.4. The number of aromatic nitrogens is 3. The van der Waals surface area contributed by atoms with Gasteiger partial charge in [0.2, 0.25) is 0 Å². The number of aryl methyl sites for hydroxylation is 2. The predicted molar refractivity (Wildman–Crippen MR) is 92.0 cm³/mol. The van der Waals surface area contributed by atoms with E-state index in [1.807, 2.05) is 48.9 Å². The molecule has 0 unspecified atom stereocenters. The first-order chi connectivity index (χ1) is 11.6. The van der Waals surface area contributed by atoms with E-state index in [1.165, 1.54) is 0 Å². The van der Waals surface area contributed by atoms with E-state index in [2.05, 4.69) is 15.4 Å². The topological polar surface area (TPSA) is 72.2 Å². The molecule has 1 aliphatic rings. The van der Waals surface area contributed by atoms with Crippen LogP contribution in [-0.2, 0) is 6.54 Å². The first-order valence-electron chi connectivity index (χ1n) is 8.64. The van der Waals surface area contributed by atoms with Crippen LogP contribution in [0.5, 0.6) is 5.75 Å². The van der Waals surface area contributed by atoms with Gasteiger partial charge in [0.1, 0.15) is 29.6 Å². The van der Waals surface area contributed by atoms with Gasteiger partial charge in [-0.25, -0.2) is 9.67 Å².